The van der Waals surface area contributed by atoms with Crippen LogP contribution in [0.15, 0.2) is 18.2 Å². The monoisotopic (exact) mass is 264 g/mol. The van der Waals surface area contributed by atoms with Crippen molar-refractivity contribution in [3.8, 4) is 5.75 Å². The average Bonchev–Trinajstić information content (AvgIpc) is 2.87. The van der Waals surface area contributed by atoms with E-state index in [1.165, 1.54) is 32.0 Å². The fourth-order valence-corrected chi connectivity index (χ4v) is 2.31. The molecule has 0 amide bonds. The number of carboxylic acids is 1. The number of hydrogen-bond acceptors (Lipinski definition) is 4. The molecule has 0 unspecified atom stereocenters. The maximum atomic E-state index is 11.0. The first-order valence-electron chi connectivity index (χ1n) is 6.65. The van der Waals surface area contributed by atoms with Crippen molar-refractivity contribution < 1.29 is 14.6 Å². The second-order valence-corrected chi connectivity index (χ2v) is 4.81. The van der Waals surface area contributed by atoms with Gasteiger partial charge in [-0.15, -0.1) is 0 Å². The van der Waals surface area contributed by atoms with Gasteiger partial charge in [0, 0.05) is 18.3 Å². The Hall–Kier alpha value is -1.75. The third-order valence-corrected chi connectivity index (χ3v) is 3.31. The van der Waals surface area contributed by atoms with Crippen LogP contribution in [0.1, 0.15) is 29.6 Å². The third-order valence-electron chi connectivity index (χ3n) is 3.31. The number of nitrogens with zero attached hydrogens (tertiary/aromatic N) is 1. The van der Waals surface area contributed by atoms with E-state index in [-0.39, 0.29) is 5.56 Å². The molecule has 0 aromatic heterocycles. The molecule has 19 heavy (non-hydrogen) atoms. The van der Waals surface area contributed by atoms with Gasteiger partial charge in [0.05, 0.1) is 6.61 Å². The quantitative estimate of drug-likeness (QED) is 0.605. The lowest BCUT2D eigenvalue weighted by molar-refractivity contribution is 0.0692. The van der Waals surface area contributed by atoms with Gasteiger partial charge in [0.2, 0.25) is 0 Å². The first-order chi connectivity index (χ1) is 9.16. The number of aromatic carboxylic acids is 1. The molecule has 1 aliphatic rings. The van der Waals surface area contributed by atoms with Crippen molar-refractivity contribution in [1.82, 2.24) is 4.90 Å². The van der Waals surface area contributed by atoms with Crippen molar-refractivity contribution in [3.63, 3.8) is 0 Å². The van der Waals surface area contributed by atoms with Crippen LogP contribution in [0.5, 0.6) is 5.75 Å². The number of nitrogens with two attached hydrogens (primary N) is 1. The largest absolute Gasteiger partial charge is 0.493 e. The maximum Gasteiger partial charge on any atom is 0.339 e. The summed E-state index contributed by atoms with van der Waals surface area (Å²) in [4.78, 5) is 13.4. The van der Waals surface area contributed by atoms with Gasteiger partial charge in [-0.2, -0.15) is 0 Å². The van der Waals surface area contributed by atoms with Gasteiger partial charge in [-0.3, -0.25) is 0 Å². The van der Waals surface area contributed by atoms with Crippen molar-refractivity contribution in [2.45, 2.75) is 19.3 Å². The van der Waals surface area contributed by atoms with E-state index in [0.717, 1.165) is 13.0 Å². The fourth-order valence-electron chi connectivity index (χ4n) is 2.31. The number of nitrogen functional groups attached to an aromatic ring is 1. The molecule has 1 aromatic rings. The molecular weight excluding hydrogens is 244 g/mol. The van der Waals surface area contributed by atoms with Gasteiger partial charge in [0.25, 0.3) is 0 Å². The standard InChI is InChI=1S/C14H20N2O3/c15-11-4-5-12(14(17)18)13(10-11)19-9-3-8-16-6-1-2-7-16/h4-5,10H,1-3,6-9,15H2,(H,17,18). The highest BCUT2D eigenvalue weighted by atomic mass is 16.5. The van der Waals surface area contributed by atoms with Gasteiger partial charge < -0.3 is 20.5 Å². The van der Waals surface area contributed by atoms with Crippen LogP contribution < -0.4 is 10.5 Å². The molecule has 0 radical (unpaired) electrons. The summed E-state index contributed by atoms with van der Waals surface area (Å²) in [5.74, 6) is -0.636. The number of carbonyl (C=O) groups is 1. The van der Waals surface area contributed by atoms with Crippen molar-refractivity contribution in [1.29, 1.82) is 0 Å². The van der Waals surface area contributed by atoms with Crippen molar-refractivity contribution in [3.05, 3.63) is 23.8 Å². The summed E-state index contributed by atoms with van der Waals surface area (Å²) in [6, 6.07) is 4.62. The maximum absolute atomic E-state index is 11.0. The van der Waals surface area contributed by atoms with Gasteiger partial charge in [-0.05, 0) is 44.5 Å². The predicted molar refractivity (Wildman–Crippen MR) is 73.6 cm³/mol. The van der Waals surface area contributed by atoms with Gasteiger partial charge in [0.1, 0.15) is 11.3 Å². The molecule has 1 aromatic carbocycles. The predicted octanol–water partition coefficient (Wildman–Crippen LogP) is 1.83. The Morgan fingerprint density at radius 1 is 1.37 bits per heavy atom. The van der Waals surface area contributed by atoms with Gasteiger partial charge in [-0.25, -0.2) is 4.79 Å². The van der Waals surface area contributed by atoms with E-state index in [1.807, 2.05) is 0 Å². The van der Waals surface area contributed by atoms with Crippen LogP contribution in [0.25, 0.3) is 0 Å². The Labute approximate surface area is 113 Å². The summed E-state index contributed by atoms with van der Waals surface area (Å²) >= 11 is 0. The Morgan fingerprint density at radius 2 is 2.11 bits per heavy atom. The molecular formula is C14H20N2O3. The molecule has 1 heterocycles. The number of anilines is 1. The van der Waals surface area contributed by atoms with Crippen LogP contribution in [-0.4, -0.2) is 42.2 Å². The summed E-state index contributed by atoms with van der Waals surface area (Å²) in [6.45, 7) is 3.85. The van der Waals surface area contributed by atoms with Gasteiger partial charge in [0.15, 0.2) is 0 Å². The fraction of sp³-hybridized carbons (Fsp3) is 0.500. The van der Waals surface area contributed by atoms with Crippen LogP contribution in [0.2, 0.25) is 0 Å². The minimum absolute atomic E-state index is 0.162. The molecule has 0 saturated carbocycles. The number of carboxylic acid groups (broad SMARTS) is 1. The van der Waals surface area contributed by atoms with Crippen molar-refractivity contribution >= 4 is 11.7 Å². The van der Waals surface area contributed by atoms with Crippen LogP contribution in [0, 0.1) is 0 Å². The van der Waals surface area contributed by atoms with E-state index < -0.39 is 5.97 Å². The summed E-state index contributed by atoms with van der Waals surface area (Å²) in [6.07, 6.45) is 3.45. The summed E-state index contributed by atoms with van der Waals surface area (Å²) in [5.41, 5.74) is 6.33. The van der Waals surface area contributed by atoms with Gasteiger partial charge >= 0.3 is 5.97 Å². The number of rotatable bonds is 6. The first kappa shape index (κ1) is 13.7. The molecule has 3 N–H and O–H groups in total. The lowest BCUT2D eigenvalue weighted by Crippen LogP contribution is -2.22. The zero-order valence-corrected chi connectivity index (χ0v) is 11.0. The minimum atomic E-state index is -0.991. The average molecular weight is 264 g/mol. The van der Waals surface area contributed by atoms with Crippen molar-refractivity contribution in [2.75, 3.05) is 32.0 Å². The second kappa shape index (κ2) is 6.43. The SMILES string of the molecule is Nc1ccc(C(=O)O)c(OCCCN2CCCC2)c1. The number of benzene rings is 1. The summed E-state index contributed by atoms with van der Waals surface area (Å²) in [7, 11) is 0. The van der Waals surface area contributed by atoms with Crippen molar-refractivity contribution in [2.24, 2.45) is 0 Å². The van der Waals surface area contributed by atoms with Crippen LogP contribution >= 0.6 is 0 Å². The third kappa shape index (κ3) is 3.86. The second-order valence-electron chi connectivity index (χ2n) is 4.81. The topological polar surface area (TPSA) is 75.8 Å². The Kier molecular flexibility index (Phi) is 4.63. The molecule has 0 spiro atoms. The molecule has 1 saturated heterocycles. The Balaban J connectivity index is 1.84. The number of hydrogen-bond donors (Lipinski definition) is 2. The molecule has 5 nitrogen and oxygen atoms in total. The normalized spacial score (nSPS) is 15.6. The molecule has 104 valence electrons. The lowest BCUT2D eigenvalue weighted by Gasteiger charge is -2.15. The molecule has 1 aliphatic heterocycles. The lowest BCUT2D eigenvalue weighted by atomic mass is 10.2. The summed E-state index contributed by atoms with van der Waals surface area (Å²) in [5, 5.41) is 9.06. The zero-order chi connectivity index (χ0) is 13.7. The molecule has 2 rings (SSSR count). The van der Waals surface area contributed by atoms with Gasteiger partial charge in [-0.1, -0.05) is 0 Å². The first-order valence-corrected chi connectivity index (χ1v) is 6.65. The molecule has 5 heteroatoms. The zero-order valence-electron chi connectivity index (χ0n) is 11.0. The minimum Gasteiger partial charge on any atom is -0.493 e. The van der Waals surface area contributed by atoms with Crippen LogP contribution in [0.3, 0.4) is 0 Å². The van der Waals surface area contributed by atoms with E-state index >= 15 is 0 Å². The van der Waals surface area contributed by atoms with E-state index in [4.69, 9.17) is 15.6 Å². The molecule has 0 bridgehead atoms. The number of ether oxygens (including phenoxy) is 1. The molecule has 0 atom stereocenters. The van der Waals surface area contributed by atoms with Crippen LogP contribution in [0.4, 0.5) is 5.69 Å². The highest BCUT2D eigenvalue weighted by Gasteiger charge is 2.13. The highest BCUT2D eigenvalue weighted by Crippen LogP contribution is 2.22. The highest BCUT2D eigenvalue weighted by molar-refractivity contribution is 5.91. The smallest absolute Gasteiger partial charge is 0.339 e. The van der Waals surface area contributed by atoms with E-state index in [9.17, 15) is 4.79 Å². The Bertz CT molecular complexity index is 442. The summed E-state index contributed by atoms with van der Waals surface area (Å²) < 4.78 is 5.55. The Morgan fingerprint density at radius 3 is 2.79 bits per heavy atom. The van der Waals surface area contributed by atoms with E-state index in [1.54, 1.807) is 12.1 Å². The van der Waals surface area contributed by atoms with Crippen LogP contribution in [-0.2, 0) is 0 Å². The molecule has 1 fully saturated rings. The molecule has 0 aliphatic carbocycles. The van der Waals surface area contributed by atoms with E-state index in [0.29, 0.717) is 18.0 Å². The van der Waals surface area contributed by atoms with E-state index in [2.05, 4.69) is 4.90 Å². The number of likely N-dealkylation sites (tertiary alicyclic amines) is 1.